The van der Waals surface area contributed by atoms with Crippen molar-refractivity contribution in [1.82, 2.24) is 0 Å². The van der Waals surface area contributed by atoms with Gasteiger partial charge in [0.15, 0.2) is 0 Å². The molecule has 1 saturated heterocycles. The fraction of sp³-hybridized carbons (Fsp3) is 0.500. The summed E-state index contributed by atoms with van der Waals surface area (Å²) in [6.07, 6.45) is 2.29. The molecule has 0 radical (unpaired) electrons. The van der Waals surface area contributed by atoms with Crippen molar-refractivity contribution in [2.75, 3.05) is 30.0 Å². The molecule has 6 nitrogen and oxygen atoms in total. The molecule has 0 aromatic heterocycles. The molecule has 3 N–H and O–H groups in total. The third-order valence-corrected chi connectivity index (χ3v) is 4.27. The number of amides is 2. The molecular formula is C16H22ClN3O3. The molecule has 2 aliphatic rings. The number of fused-ring (bicyclic) bond motifs is 1. The van der Waals surface area contributed by atoms with E-state index in [1.807, 2.05) is 18.2 Å². The van der Waals surface area contributed by atoms with Crippen LogP contribution in [0.15, 0.2) is 24.3 Å². The molecule has 2 aliphatic heterocycles. The third-order valence-electron chi connectivity index (χ3n) is 4.27. The van der Waals surface area contributed by atoms with Gasteiger partial charge in [-0.2, -0.15) is 0 Å². The van der Waals surface area contributed by atoms with Gasteiger partial charge in [0.1, 0.15) is 6.04 Å². The van der Waals surface area contributed by atoms with Crippen molar-refractivity contribution < 1.29 is 14.3 Å². The molecule has 23 heavy (non-hydrogen) atoms. The Morgan fingerprint density at radius 3 is 2.74 bits per heavy atom. The fourth-order valence-electron chi connectivity index (χ4n) is 2.96. The van der Waals surface area contributed by atoms with Crippen LogP contribution >= 0.6 is 12.4 Å². The highest BCUT2D eigenvalue weighted by Gasteiger charge is 2.30. The molecule has 7 heteroatoms. The summed E-state index contributed by atoms with van der Waals surface area (Å²) in [6.45, 7) is 1.65. The smallest absolute Gasteiger partial charge is 0.243 e. The second-order valence-corrected chi connectivity index (χ2v) is 5.88. The number of rotatable bonds is 2. The van der Waals surface area contributed by atoms with Crippen molar-refractivity contribution in [3.8, 4) is 0 Å². The maximum absolute atomic E-state index is 12.7. The number of benzene rings is 1. The summed E-state index contributed by atoms with van der Waals surface area (Å²) in [6, 6.07) is 6.61. The summed E-state index contributed by atoms with van der Waals surface area (Å²) in [5.41, 5.74) is 7.26. The van der Waals surface area contributed by atoms with Gasteiger partial charge in [0.05, 0.1) is 17.9 Å². The number of nitrogens with zero attached hydrogens (tertiary/aromatic N) is 1. The van der Waals surface area contributed by atoms with Crippen LogP contribution in [0.1, 0.15) is 19.3 Å². The van der Waals surface area contributed by atoms with Gasteiger partial charge < -0.3 is 20.7 Å². The van der Waals surface area contributed by atoms with Crippen LogP contribution in [-0.4, -0.2) is 37.6 Å². The van der Waals surface area contributed by atoms with Crippen molar-refractivity contribution in [3.63, 3.8) is 0 Å². The van der Waals surface area contributed by atoms with Crippen molar-refractivity contribution in [1.29, 1.82) is 0 Å². The van der Waals surface area contributed by atoms with Crippen LogP contribution in [0.3, 0.4) is 0 Å². The fourth-order valence-corrected chi connectivity index (χ4v) is 2.96. The standard InChI is InChI=1S/C16H21N3O3.ClH/c17-12-10-19(15(20)9-11-5-7-22-8-6-11)14-4-2-1-3-13(14)18-16(12)21;/h1-4,11-12H,5-10,17H2,(H,18,21);1H. The molecule has 0 saturated carbocycles. The van der Waals surface area contributed by atoms with E-state index >= 15 is 0 Å². The Morgan fingerprint density at radius 1 is 1.30 bits per heavy atom. The number of ether oxygens (including phenoxy) is 1. The molecule has 1 unspecified atom stereocenters. The largest absolute Gasteiger partial charge is 0.381 e. The lowest BCUT2D eigenvalue weighted by Crippen LogP contribution is -2.45. The zero-order valence-electron chi connectivity index (χ0n) is 12.9. The average Bonchev–Trinajstić information content (AvgIpc) is 2.66. The Hall–Kier alpha value is -1.63. The second-order valence-electron chi connectivity index (χ2n) is 5.88. The highest BCUT2D eigenvalue weighted by atomic mass is 35.5. The third kappa shape index (κ3) is 4.02. The lowest BCUT2D eigenvalue weighted by molar-refractivity contribution is -0.120. The minimum Gasteiger partial charge on any atom is -0.381 e. The summed E-state index contributed by atoms with van der Waals surface area (Å²) in [5, 5.41) is 2.78. The lowest BCUT2D eigenvalue weighted by atomic mass is 9.95. The number of nitrogens with two attached hydrogens (primary N) is 1. The van der Waals surface area contributed by atoms with Gasteiger partial charge in [0, 0.05) is 19.6 Å². The van der Waals surface area contributed by atoms with Crippen LogP contribution in [0.25, 0.3) is 0 Å². The quantitative estimate of drug-likeness (QED) is 0.856. The van der Waals surface area contributed by atoms with Crippen LogP contribution in [-0.2, 0) is 14.3 Å². The first-order chi connectivity index (χ1) is 10.6. The number of hydrogen-bond acceptors (Lipinski definition) is 4. The van der Waals surface area contributed by atoms with E-state index in [9.17, 15) is 9.59 Å². The van der Waals surface area contributed by atoms with Crippen LogP contribution in [0.2, 0.25) is 0 Å². The van der Waals surface area contributed by atoms with Crippen LogP contribution < -0.4 is 16.0 Å². The SMILES string of the molecule is Cl.NC1CN(C(=O)CC2CCOCC2)c2ccccc2NC1=O. The minimum atomic E-state index is -0.717. The van der Waals surface area contributed by atoms with Crippen LogP contribution in [0.5, 0.6) is 0 Å². The number of halogens is 1. The molecule has 3 rings (SSSR count). The first-order valence-corrected chi connectivity index (χ1v) is 7.68. The zero-order valence-corrected chi connectivity index (χ0v) is 13.7. The lowest BCUT2D eigenvalue weighted by Gasteiger charge is -2.27. The van der Waals surface area contributed by atoms with Gasteiger partial charge in [-0.05, 0) is 30.9 Å². The van der Waals surface area contributed by atoms with Gasteiger partial charge in [0.2, 0.25) is 11.8 Å². The second kappa shape index (κ2) is 7.77. The molecule has 2 amide bonds. The topological polar surface area (TPSA) is 84.7 Å². The first kappa shape index (κ1) is 17.7. The van der Waals surface area contributed by atoms with E-state index in [0.29, 0.717) is 31.2 Å². The van der Waals surface area contributed by atoms with Crippen molar-refractivity contribution >= 4 is 35.6 Å². The Morgan fingerprint density at radius 2 is 2.00 bits per heavy atom. The monoisotopic (exact) mass is 339 g/mol. The summed E-state index contributed by atoms with van der Waals surface area (Å²) in [4.78, 5) is 26.3. The number of nitrogens with one attached hydrogen (secondary N) is 1. The average molecular weight is 340 g/mol. The number of carbonyl (C=O) groups is 2. The summed E-state index contributed by atoms with van der Waals surface area (Å²) in [5.74, 6) is 0.108. The number of carbonyl (C=O) groups excluding carboxylic acids is 2. The molecule has 1 atom stereocenters. The number of anilines is 2. The molecule has 1 aromatic carbocycles. The number of para-hydroxylation sites is 2. The highest BCUT2D eigenvalue weighted by Crippen LogP contribution is 2.30. The molecule has 0 aliphatic carbocycles. The van der Waals surface area contributed by atoms with Crippen molar-refractivity contribution in [2.45, 2.75) is 25.3 Å². The molecule has 126 valence electrons. The van der Waals surface area contributed by atoms with Gasteiger partial charge >= 0.3 is 0 Å². The summed E-state index contributed by atoms with van der Waals surface area (Å²) in [7, 11) is 0. The van der Waals surface area contributed by atoms with E-state index in [4.69, 9.17) is 10.5 Å². The number of hydrogen-bond donors (Lipinski definition) is 2. The van der Waals surface area contributed by atoms with E-state index in [1.165, 1.54) is 0 Å². The van der Waals surface area contributed by atoms with E-state index in [0.717, 1.165) is 18.5 Å². The van der Waals surface area contributed by atoms with Crippen molar-refractivity contribution in [3.05, 3.63) is 24.3 Å². The van der Waals surface area contributed by atoms with Gasteiger partial charge in [-0.15, -0.1) is 12.4 Å². The van der Waals surface area contributed by atoms with E-state index in [2.05, 4.69) is 5.32 Å². The van der Waals surface area contributed by atoms with Gasteiger partial charge in [0.25, 0.3) is 0 Å². The Kier molecular flexibility index (Phi) is 5.98. The van der Waals surface area contributed by atoms with E-state index in [-0.39, 0.29) is 30.8 Å². The van der Waals surface area contributed by atoms with Crippen LogP contribution in [0, 0.1) is 5.92 Å². The predicted octanol–water partition coefficient (Wildman–Crippen LogP) is 1.54. The maximum atomic E-state index is 12.7. The zero-order chi connectivity index (χ0) is 15.5. The highest BCUT2D eigenvalue weighted by molar-refractivity contribution is 6.05. The first-order valence-electron chi connectivity index (χ1n) is 7.68. The van der Waals surface area contributed by atoms with Crippen LogP contribution in [0.4, 0.5) is 11.4 Å². The predicted molar refractivity (Wildman–Crippen MR) is 90.8 cm³/mol. The van der Waals surface area contributed by atoms with Crippen molar-refractivity contribution in [2.24, 2.45) is 11.7 Å². The maximum Gasteiger partial charge on any atom is 0.243 e. The van der Waals surface area contributed by atoms with E-state index in [1.54, 1.807) is 11.0 Å². The molecule has 0 spiro atoms. The van der Waals surface area contributed by atoms with Gasteiger partial charge in [-0.1, -0.05) is 12.1 Å². The Labute approximate surface area is 141 Å². The summed E-state index contributed by atoms with van der Waals surface area (Å²) < 4.78 is 5.33. The molecule has 1 aromatic rings. The molecule has 2 heterocycles. The Bertz CT molecular complexity index is 575. The molecule has 1 fully saturated rings. The minimum absolute atomic E-state index is 0. The molecular weight excluding hydrogens is 318 g/mol. The molecule has 0 bridgehead atoms. The van der Waals surface area contributed by atoms with E-state index < -0.39 is 6.04 Å². The normalized spacial score (nSPS) is 21.7. The Balaban J connectivity index is 0.00000192. The summed E-state index contributed by atoms with van der Waals surface area (Å²) >= 11 is 0. The van der Waals surface area contributed by atoms with Gasteiger partial charge in [-0.3, -0.25) is 9.59 Å². The van der Waals surface area contributed by atoms with Gasteiger partial charge in [-0.25, -0.2) is 0 Å².